The van der Waals surface area contributed by atoms with Crippen LogP contribution in [-0.4, -0.2) is 27.1 Å². The first-order chi connectivity index (χ1) is 14.2. The van der Waals surface area contributed by atoms with Crippen LogP contribution in [0.5, 0.6) is 11.5 Å². The van der Waals surface area contributed by atoms with Crippen LogP contribution in [0.4, 0.5) is 15.8 Å². The van der Waals surface area contributed by atoms with Crippen molar-refractivity contribution in [3.63, 3.8) is 0 Å². The van der Waals surface area contributed by atoms with Gasteiger partial charge in [0.05, 0.1) is 17.6 Å². The summed E-state index contributed by atoms with van der Waals surface area (Å²) >= 11 is 5.73. The van der Waals surface area contributed by atoms with E-state index in [4.69, 9.17) is 16.3 Å². The van der Waals surface area contributed by atoms with E-state index >= 15 is 0 Å². The van der Waals surface area contributed by atoms with Crippen LogP contribution in [0, 0.1) is 5.82 Å². The molecule has 0 aliphatic rings. The zero-order valence-corrected chi connectivity index (χ0v) is 17.5. The molecule has 0 fully saturated rings. The third-order valence-corrected chi connectivity index (χ3v) is 5.36. The van der Waals surface area contributed by atoms with Crippen LogP contribution in [0.3, 0.4) is 0 Å². The number of ether oxygens (including phenoxy) is 1. The molecule has 156 valence electrons. The number of amides is 1. The predicted molar refractivity (Wildman–Crippen MR) is 115 cm³/mol. The third kappa shape index (κ3) is 5.49. The highest BCUT2D eigenvalue weighted by Gasteiger charge is 2.24. The molecular formula is C21H18ClFN2O4S. The number of halogens is 2. The number of sulfonamides is 1. The van der Waals surface area contributed by atoms with E-state index < -0.39 is 28.3 Å². The molecule has 1 amide bonds. The van der Waals surface area contributed by atoms with Gasteiger partial charge in [-0.15, -0.1) is 0 Å². The predicted octanol–water partition coefficient (Wildman–Crippen LogP) is 4.68. The number of benzene rings is 3. The molecule has 0 aliphatic heterocycles. The molecule has 0 aromatic heterocycles. The van der Waals surface area contributed by atoms with Crippen molar-refractivity contribution in [1.82, 2.24) is 0 Å². The largest absolute Gasteiger partial charge is 0.455 e. The third-order valence-electron chi connectivity index (χ3n) is 4.00. The molecule has 6 nitrogen and oxygen atoms in total. The van der Waals surface area contributed by atoms with Crippen LogP contribution in [0.25, 0.3) is 0 Å². The highest BCUT2D eigenvalue weighted by Crippen LogP contribution is 2.29. The van der Waals surface area contributed by atoms with E-state index in [9.17, 15) is 17.6 Å². The maximum Gasteiger partial charge on any atom is 0.245 e. The van der Waals surface area contributed by atoms with Gasteiger partial charge >= 0.3 is 0 Å². The molecule has 0 saturated heterocycles. The molecule has 3 rings (SSSR count). The van der Waals surface area contributed by atoms with Gasteiger partial charge in [0, 0.05) is 5.02 Å². The SMILES string of the molecule is CS(=O)(=O)N(CC(=O)Nc1ccccc1Oc1ccccc1)c1ccc(Cl)cc1F. The van der Waals surface area contributed by atoms with Crippen molar-refractivity contribution in [1.29, 1.82) is 0 Å². The fourth-order valence-corrected chi connectivity index (χ4v) is 3.68. The van der Waals surface area contributed by atoms with Gasteiger partial charge in [0.2, 0.25) is 15.9 Å². The molecule has 0 aliphatic carbocycles. The molecule has 1 N–H and O–H groups in total. The van der Waals surface area contributed by atoms with Crippen LogP contribution >= 0.6 is 11.6 Å². The number of nitrogens with zero attached hydrogens (tertiary/aromatic N) is 1. The number of carbonyl (C=O) groups is 1. The van der Waals surface area contributed by atoms with Gasteiger partial charge in [-0.2, -0.15) is 0 Å². The van der Waals surface area contributed by atoms with Crippen molar-refractivity contribution >= 4 is 38.9 Å². The first kappa shape index (κ1) is 21.6. The standard InChI is InChI=1S/C21H18ClFN2O4S/c1-30(27,28)25(19-12-11-15(22)13-17(19)23)14-21(26)24-18-9-5-6-10-20(18)29-16-7-3-2-4-8-16/h2-13H,14H2,1H3,(H,24,26). The van der Waals surface area contributed by atoms with Crippen molar-refractivity contribution in [2.24, 2.45) is 0 Å². The Hall–Kier alpha value is -3.10. The summed E-state index contributed by atoms with van der Waals surface area (Å²) in [5.74, 6) is -0.576. The molecule has 0 saturated carbocycles. The Kier molecular flexibility index (Phi) is 6.59. The first-order valence-corrected chi connectivity index (χ1v) is 11.0. The summed E-state index contributed by atoms with van der Waals surface area (Å²) in [4.78, 5) is 12.6. The van der Waals surface area contributed by atoms with E-state index in [0.29, 0.717) is 21.5 Å². The number of rotatable bonds is 7. The van der Waals surface area contributed by atoms with Gasteiger partial charge in [0.1, 0.15) is 18.1 Å². The minimum Gasteiger partial charge on any atom is -0.455 e. The lowest BCUT2D eigenvalue weighted by Crippen LogP contribution is -2.38. The second-order valence-corrected chi connectivity index (χ2v) is 8.67. The van der Waals surface area contributed by atoms with Crippen LogP contribution < -0.4 is 14.4 Å². The molecule has 3 aromatic carbocycles. The smallest absolute Gasteiger partial charge is 0.245 e. The molecule has 0 atom stereocenters. The lowest BCUT2D eigenvalue weighted by Gasteiger charge is -2.22. The number of carbonyl (C=O) groups excluding carboxylic acids is 1. The van der Waals surface area contributed by atoms with Crippen LogP contribution in [0.2, 0.25) is 5.02 Å². The van der Waals surface area contributed by atoms with Gasteiger partial charge in [0.15, 0.2) is 5.75 Å². The van der Waals surface area contributed by atoms with Crippen molar-refractivity contribution in [2.75, 3.05) is 22.4 Å². The van der Waals surface area contributed by atoms with E-state index in [1.54, 1.807) is 48.5 Å². The Morgan fingerprint density at radius 3 is 2.40 bits per heavy atom. The number of hydrogen-bond acceptors (Lipinski definition) is 4. The Bertz CT molecular complexity index is 1160. The average Bonchev–Trinajstić information content (AvgIpc) is 2.68. The Morgan fingerprint density at radius 2 is 1.73 bits per heavy atom. The molecule has 0 unspecified atom stereocenters. The van der Waals surface area contributed by atoms with Crippen molar-refractivity contribution < 1.29 is 22.3 Å². The molecular weight excluding hydrogens is 431 g/mol. The molecule has 0 heterocycles. The van der Waals surface area contributed by atoms with Crippen LogP contribution in [-0.2, 0) is 14.8 Å². The summed E-state index contributed by atoms with van der Waals surface area (Å²) in [6.45, 7) is -0.628. The number of para-hydroxylation sites is 3. The summed E-state index contributed by atoms with van der Waals surface area (Å²) < 4.78 is 45.1. The minimum absolute atomic E-state index is 0.112. The number of nitrogens with one attached hydrogen (secondary N) is 1. The van der Waals surface area contributed by atoms with E-state index in [-0.39, 0.29) is 10.7 Å². The van der Waals surface area contributed by atoms with Gasteiger partial charge in [-0.05, 0) is 42.5 Å². The van der Waals surface area contributed by atoms with Crippen molar-refractivity contribution in [2.45, 2.75) is 0 Å². The molecule has 0 spiro atoms. The van der Waals surface area contributed by atoms with Crippen molar-refractivity contribution in [3.8, 4) is 11.5 Å². The molecule has 3 aromatic rings. The maximum atomic E-state index is 14.3. The van der Waals surface area contributed by atoms with Crippen LogP contribution in [0.15, 0.2) is 72.8 Å². The second-order valence-electron chi connectivity index (χ2n) is 6.32. The molecule has 30 heavy (non-hydrogen) atoms. The highest BCUT2D eigenvalue weighted by atomic mass is 35.5. The Balaban J connectivity index is 1.81. The topological polar surface area (TPSA) is 75.7 Å². The van der Waals surface area contributed by atoms with E-state index in [0.717, 1.165) is 12.3 Å². The zero-order chi connectivity index (χ0) is 21.7. The average molecular weight is 449 g/mol. The summed E-state index contributed by atoms with van der Waals surface area (Å²) in [6, 6.07) is 19.2. The molecule has 9 heteroatoms. The fraction of sp³-hybridized carbons (Fsp3) is 0.0952. The summed E-state index contributed by atoms with van der Waals surface area (Å²) in [7, 11) is -3.94. The molecule has 0 bridgehead atoms. The number of hydrogen-bond donors (Lipinski definition) is 1. The normalized spacial score (nSPS) is 11.0. The second kappa shape index (κ2) is 9.15. The van der Waals surface area contributed by atoms with E-state index in [2.05, 4.69) is 5.32 Å². The molecule has 0 radical (unpaired) electrons. The summed E-state index contributed by atoms with van der Waals surface area (Å²) in [6.07, 6.45) is 0.890. The van der Waals surface area contributed by atoms with Crippen LogP contribution in [0.1, 0.15) is 0 Å². The maximum absolute atomic E-state index is 14.3. The lowest BCUT2D eigenvalue weighted by molar-refractivity contribution is -0.114. The fourth-order valence-electron chi connectivity index (χ4n) is 2.66. The zero-order valence-electron chi connectivity index (χ0n) is 15.9. The quantitative estimate of drug-likeness (QED) is 0.569. The summed E-state index contributed by atoms with van der Waals surface area (Å²) in [5, 5.41) is 2.73. The van der Waals surface area contributed by atoms with Gasteiger partial charge < -0.3 is 10.1 Å². The lowest BCUT2D eigenvalue weighted by atomic mass is 10.2. The minimum atomic E-state index is -3.94. The van der Waals surface area contributed by atoms with Crippen molar-refractivity contribution in [3.05, 3.63) is 83.6 Å². The van der Waals surface area contributed by atoms with Gasteiger partial charge in [0.25, 0.3) is 0 Å². The monoisotopic (exact) mass is 448 g/mol. The Morgan fingerprint density at radius 1 is 1.07 bits per heavy atom. The van der Waals surface area contributed by atoms with Gasteiger partial charge in [-0.25, -0.2) is 12.8 Å². The van der Waals surface area contributed by atoms with E-state index in [1.165, 1.54) is 12.1 Å². The Labute approximate surface area is 178 Å². The number of anilines is 2. The summed E-state index contributed by atoms with van der Waals surface area (Å²) in [5.41, 5.74) is 0.0715. The first-order valence-electron chi connectivity index (χ1n) is 8.78. The van der Waals surface area contributed by atoms with Gasteiger partial charge in [-0.3, -0.25) is 9.10 Å². The van der Waals surface area contributed by atoms with Gasteiger partial charge in [-0.1, -0.05) is 41.9 Å². The van der Waals surface area contributed by atoms with E-state index in [1.807, 2.05) is 6.07 Å². The highest BCUT2D eigenvalue weighted by molar-refractivity contribution is 7.92.